The number of carbonyl (C=O) groups is 2. The van der Waals surface area contributed by atoms with Crippen molar-refractivity contribution in [3.63, 3.8) is 0 Å². The molecule has 0 aliphatic carbocycles. The number of hydrogen-bond acceptors (Lipinski definition) is 4. The van der Waals surface area contributed by atoms with Crippen molar-refractivity contribution in [1.82, 2.24) is 0 Å². The van der Waals surface area contributed by atoms with Gasteiger partial charge in [0.2, 0.25) is 0 Å². The van der Waals surface area contributed by atoms with Gasteiger partial charge in [-0.05, 0) is 36.4 Å². The van der Waals surface area contributed by atoms with Crippen LogP contribution in [-0.4, -0.2) is 29.1 Å². The molecule has 0 spiro atoms. The van der Waals surface area contributed by atoms with Gasteiger partial charge in [0.05, 0.1) is 9.79 Å². The van der Waals surface area contributed by atoms with Gasteiger partial charge in [-0.2, -0.15) is 0 Å². The molecule has 0 aromatic heterocycles. The van der Waals surface area contributed by atoms with Crippen LogP contribution in [0.2, 0.25) is 0 Å². The molecule has 0 heterocycles. The largest absolute Gasteiger partial charge is 0.302 e. The maximum atomic E-state index is 12.1. The fourth-order valence-corrected chi connectivity index (χ4v) is 3.94. The molecule has 0 bridgehead atoms. The highest BCUT2D eigenvalue weighted by molar-refractivity contribution is 7.79. The van der Waals surface area contributed by atoms with Crippen molar-refractivity contribution < 1.29 is 27.1 Å². The molecule has 172 valence electrons. The molecule has 6 nitrogen and oxygen atoms in total. The molecule has 2 atom stereocenters. The summed E-state index contributed by atoms with van der Waals surface area (Å²) in [5.74, 6) is -0.343. The van der Waals surface area contributed by atoms with Crippen LogP contribution in [-0.2, 0) is 22.2 Å². The third-order valence-electron chi connectivity index (χ3n) is 4.71. The van der Waals surface area contributed by atoms with Crippen molar-refractivity contribution in [2.75, 3.05) is 0 Å². The minimum absolute atomic E-state index is 0.0964. The Bertz CT molecular complexity index is 1320. The van der Waals surface area contributed by atoms with Gasteiger partial charge >= 0.3 is 0 Å². The number of carbonyl (C=O) groups excluding carboxylic acids is 2. The Morgan fingerprint density at radius 3 is 1.44 bits per heavy atom. The molecular weight excluding hydrogens is 472 g/mol. The van der Waals surface area contributed by atoms with Crippen LogP contribution in [0, 0.1) is 0 Å². The van der Waals surface area contributed by atoms with Crippen molar-refractivity contribution in [2.24, 2.45) is 0 Å². The summed E-state index contributed by atoms with van der Waals surface area (Å²) in [6.45, 7) is 0. The fourth-order valence-electron chi connectivity index (χ4n) is 3.03. The van der Waals surface area contributed by atoms with E-state index in [2.05, 4.69) is 0 Å². The van der Waals surface area contributed by atoms with Crippen LogP contribution in [0.5, 0.6) is 0 Å². The minimum atomic E-state index is -2.16. The van der Waals surface area contributed by atoms with E-state index < -0.39 is 22.2 Å². The van der Waals surface area contributed by atoms with Crippen LogP contribution >= 0.6 is 0 Å². The second-order valence-corrected chi connectivity index (χ2v) is 8.82. The normalized spacial score (nSPS) is 12.1. The van der Waals surface area contributed by atoms with Crippen LogP contribution in [0.4, 0.5) is 0 Å². The zero-order chi connectivity index (χ0) is 24.5. The number of benzene rings is 4. The number of ketones is 2. The number of hydrogen-bond donors (Lipinski definition) is 2. The summed E-state index contributed by atoms with van der Waals surface area (Å²) in [5, 5.41) is 0. The number of rotatable bonds is 6. The van der Waals surface area contributed by atoms with Crippen molar-refractivity contribution in [1.29, 1.82) is 0 Å². The van der Waals surface area contributed by atoms with E-state index in [9.17, 15) is 18.0 Å². The van der Waals surface area contributed by atoms with E-state index in [1.54, 1.807) is 78.9 Å². The van der Waals surface area contributed by atoms with E-state index in [-0.39, 0.29) is 26.9 Å². The van der Waals surface area contributed by atoms with Gasteiger partial charge in [-0.1, -0.05) is 72.8 Å². The second-order valence-electron chi connectivity index (χ2n) is 6.91. The van der Waals surface area contributed by atoms with Gasteiger partial charge < -0.3 is 9.11 Å². The first-order valence-corrected chi connectivity index (χ1v) is 12.2. The lowest BCUT2D eigenvalue weighted by Gasteiger charge is -2.04. The van der Waals surface area contributed by atoms with Gasteiger partial charge in [0.1, 0.15) is 0 Å². The van der Waals surface area contributed by atoms with E-state index in [0.717, 1.165) is 0 Å². The fraction of sp³-hybridized carbons (Fsp3) is 0. The van der Waals surface area contributed by atoms with Crippen LogP contribution in [0.1, 0.15) is 31.8 Å². The second kappa shape index (κ2) is 12.1. The quantitative estimate of drug-likeness (QED) is 0.290. The van der Waals surface area contributed by atoms with E-state index in [0.29, 0.717) is 16.7 Å². The molecule has 4 rings (SSSR count). The Kier molecular flexibility index (Phi) is 8.89. The molecule has 0 fully saturated rings. The molecule has 0 aliphatic heterocycles. The standard InChI is InChI=1S/2C13H10O3S/c14-13(10-6-2-1-3-7-10)11-8-4-5-9-12(11)17(15)16;14-13(10-4-2-1-3-5-10)11-6-8-12(9-7-11)17(15)16/h2*1-9H,(H,15,16). The van der Waals surface area contributed by atoms with Crippen LogP contribution in [0.3, 0.4) is 0 Å². The van der Waals surface area contributed by atoms with E-state index in [1.165, 1.54) is 18.2 Å². The summed E-state index contributed by atoms with van der Waals surface area (Å²) < 4.78 is 39.9. The van der Waals surface area contributed by atoms with Crippen LogP contribution < -0.4 is 0 Å². The van der Waals surface area contributed by atoms with E-state index >= 15 is 0 Å². The smallest absolute Gasteiger partial charge is 0.194 e. The van der Waals surface area contributed by atoms with Crippen molar-refractivity contribution in [2.45, 2.75) is 9.79 Å². The monoisotopic (exact) mass is 492 g/mol. The molecule has 0 amide bonds. The maximum Gasteiger partial charge on any atom is 0.194 e. The highest BCUT2D eigenvalue weighted by Gasteiger charge is 2.15. The first-order valence-electron chi connectivity index (χ1n) is 9.99. The molecule has 2 N–H and O–H groups in total. The van der Waals surface area contributed by atoms with Gasteiger partial charge in [0, 0.05) is 22.3 Å². The first kappa shape index (κ1) is 25.1. The average molecular weight is 493 g/mol. The lowest BCUT2D eigenvalue weighted by Crippen LogP contribution is -2.06. The van der Waals surface area contributed by atoms with Gasteiger partial charge in [0.25, 0.3) is 0 Å². The Morgan fingerprint density at radius 2 is 0.941 bits per heavy atom. The Morgan fingerprint density at radius 1 is 0.500 bits per heavy atom. The van der Waals surface area contributed by atoms with Crippen molar-refractivity contribution >= 4 is 33.7 Å². The Labute approximate surface area is 201 Å². The highest BCUT2D eigenvalue weighted by Crippen LogP contribution is 2.17. The van der Waals surface area contributed by atoms with Crippen molar-refractivity contribution in [3.05, 3.63) is 131 Å². The summed E-state index contributed by atoms with van der Waals surface area (Å²) in [6, 6.07) is 30.0. The summed E-state index contributed by atoms with van der Waals surface area (Å²) in [4.78, 5) is 24.5. The van der Waals surface area contributed by atoms with Gasteiger partial charge in [-0.15, -0.1) is 0 Å². The highest BCUT2D eigenvalue weighted by atomic mass is 32.2. The SMILES string of the molecule is O=C(c1ccccc1)c1ccc(S(=O)O)cc1.O=C(c1ccccc1)c1ccccc1S(=O)O. The van der Waals surface area contributed by atoms with Gasteiger partial charge in [-0.25, -0.2) is 8.42 Å². The molecule has 0 radical (unpaired) electrons. The lowest BCUT2D eigenvalue weighted by atomic mass is 10.0. The molecule has 0 saturated heterocycles. The summed E-state index contributed by atoms with van der Waals surface area (Å²) in [6.07, 6.45) is 0. The molecule has 0 saturated carbocycles. The van der Waals surface area contributed by atoms with E-state index in [4.69, 9.17) is 9.11 Å². The Balaban J connectivity index is 0.000000191. The molecule has 4 aromatic rings. The zero-order valence-corrected chi connectivity index (χ0v) is 19.4. The van der Waals surface area contributed by atoms with Crippen molar-refractivity contribution in [3.8, 4) is 0 Å². The molecule has 0 aliphatic rings. The molecule has 2 unspecified atom stereocenters. The molecule has 34 heavy (non-hydrogen) atoms. The third-order valence-corrected chi connectivity index (χ3v) is 6.12. The predicted molar refractivity (Wildman–Crippen MR) is 131 cm³/mol. The van der Waals surface area contributed by atoms with Gasteiger partial charge in [-0.3, -0.25) is 9.59 Å². The first-order chi connectivity index (χ1) is 16.4. The predicted octanol–water partition coefficient (Wildman–Crippen LogP) is 5.00. The van der Waals surface area contributed by atoms with Crippen LogP contribution in [0.25, 0.3) is 0 Å². The Hall–Kier alpha value is -3.56. The summed E-state index contributed by atoms with van der Waals surface area (Å²) in [7, 11) is 0. The lowest BCUT2D eigenvalue weighted by molar-refractivity contribution is 0.102. The average Bonchev–Trinajstić information content (AvgIpc) is 2.89. The molecule has 4 aromatic carbocycles. The molecular formula is C26H20O6S2. The topological polar surface area (TPSA) is 109 Å². The summed E-state index contributed by atoms with van der Waals surface area (Å²) >= 11 is -4.16. The zero-order valence-electron chi connectivity index (χ0n) is 17.7. The van der Waals surface area contributed by atoms with E-state index in [1.807, 2.05) is 12.1 Å². The minimum Gasteiger partial charge on any atom is -0.302 e. The maximum absolute atomic E-state index is 12.1. The van der Waals surface area contributed by atoms with Gasteiger partial charge in [0.15, 0.2) is 33.7 Å². The summed E-state index contributed by atoms with van der Waals surface area (Å²) in [5.41, 5.74) is 1.88. The van der Waals surface area contributed by atoms with Crippen LogP contribution in [0.15, 0.2) is 119 Å². The third kappa shape index (κ3) is 6.49. The molecule has 8 heteroatoms.